The molecule has 166 valence electrons. The van der Waals surface area contributed by atoms with Gasteiger partial charge in [0.05, 0.1) is 29.2 Å². The summed E-state index contributed by atoms with van der Waals surface area (Å²) in [6.07, 6.45) is 4.59. The number of benzene rings is 1. The van der Waals surface area contributed by atoms with Crippen molar-refractivity contribution in [1.82, 2.24) is 14.5 Å². The van der Waals surface area contributed by atoms with Gasteiger partial charge in [-0.3, -0.25) is 0 Å². The molecule has 0 radical (unpaired) electrons. The topological polar surface area (TPSA) is 71.2 Å². The van der Waals surface area contributed by atoms with E-state index in [2.05, 4.69) is 45.3 Å². The number of rotatable bonds is 4. The van der Waals surface area contributed by atoms with Crippen LogP contribution in [-0.2, 0) is 17.7 Å². The Labute approximate surface area is 185 Å². The molecule has 1 aliphatic heterocycles. The normalized spacial score (nSPS) is 26.5. The fraction of sp³-hybridized carbons (Fsp3) is 0.640. The molecule has 1 aromatic heterocycles. The van der Waals surface area contributed by atoms with Crippen molar-refractivity contribution in [2.75, 3.05) is 13.1 Å². The zero-order chi connectivity index (χ0) is 22.4. The highest BCUT2D eigenvalue weighted by Gasteiger charge is 2.51. The average Bonchev–Trinajstić information content (AvgIpc) is 3.16. The van der Waals surface area contributed by atoms with E-state index in [1.165, 1.54) is 0 Å². The molecule has 1 aromatic carbocycles. The summed E-state index contributed by atoms with van der Waals surface area (Å²) in [5, 5.41) is 9.36. The SMILES string of the molecule is CCc1nc2ccc(C#N)cc2n1CC1(C)CCCC2(CN(CC(C)(C)C)C(=O)O2)C1. The molecule has 1 saturated carbocycles. The molecule has 2 atom stereocenters. The lowest BCUT2D eigenvalue weighted by Crippen LogP contribution is -2.45. The molecular formula is C25H34N4O2. The van der Waals surface area contributed by atoms with E-state index >= 15 is 0 Å². The van der Waals surface area contributed by atoms with Crippen LogP contribution in [0.4, 0.5) is 4.79 Å². The van der Waals surface area contributed by atoms with E-state index in [0.29, 0.717) is 18.7 Å². The first-order valence-corrected chi connectivity index (χ1v) is 11.4. The maximum atomic E-state index is 12.7. The molecule has 2 fully saturated rings. The van der Waals surface area contributed by atoms with Crippen LogP contribution < -0.4 is 0 Å². The quantitative estimate of drug-likeness (QED) is 0.671. The third kappa shape index (κ3) is 4.28. The number of hydrogen-bond donors (Lipinski definition) is 0. The number of imidazole rings is 1. The van der Waals surface area contributed by atoms with E-state index in [0.717, 1.165) is 55.5 Å². The minimum Gasteiger partial charge on any atom is -0.441 e. The van der Waals surface area contributed by atoms with Crippen LogP contribution in [0.1, 0.15) is 71.7 Å². The Morgan fingerprint density at radius 1 is 1.29 bits per heavy atom. The Morgan fingerprint density at radius 2 is 2.06 bits per heavy atom. The summed E-state index contributed by atoms with van der Waals surface area (Å²) in [6, 6.07) is 7.97. The van der Waals surface area contributed by atoms with Gasteiger partial charge in [0.25, 0.3) is 0 Å². The summed E-state index contributed by atoms with van der Waals surface area (Å²) in [5.74, 6) is 1.05. The first-order valence-electron chi connectivity index (χ1n) is 11.4. The van der Waals surface area contributed by atoms with Crippen molar-refractivity contribution in [3.63, 3.8) is 0 Å². The fourth-order valence-corrected chi connectivity index (χ4v) is 5.61. The third-order valence-corrected chi connectivity index (χ3v) is 6.68. The lowest BCUT2D eigenvalue weighted by Gasteiger charge is -2.43. The van der Waals surface area contributed by atoms with Gasteiger partial charge in [0.1, 0.15) is 11.4 Å². The number of aryl methyl sites for hydroxylation is 1. The van der Waals surface area contributed by atoms with Crippen LogP contribution in [0.25, 0.3) is 11.0 Å². The average molecular weight is 423 g/mol. The van der Waals surface area contributed by atoms with Gasteiger partial charge in [0.15, 0.2) is 0 Å². The summed E-state index contributed by atoms with van der Waals surface area (Å²) in [4.78, 5) is 19.4. The molecule has 4 rings (SSSR count). The Kier molecular flexibility index (Phi) is 5.28. The van der Waals surface area contributed by atoms with Crippen LogP contribution in [0.2, 0.25) is 0 Å². The number of nitrogens with zero attached hydrogens (tertiary/aromatic N) is 4. The standard InChI is InChI=1S/C25H34N4O2/c1-6-21-27-19-9-8-18(13-26)12-20(19)29(21)16-24(5)10-7-11-25(14-24)17-28(22(30)31-25)15-23(2,3)4/h8-9,12H,6-7,10-11,14-17H2,1-5H3. The Hall–Kier alpha value is -2.55. The number of fused-ring (bicyclic) bond motifs is 1. The van der Waals surface area contributed by atoms with Gasteiger partial charge in [-0.05, 0) is 54.7 Å². The highest BCUT2D eigenvalue weighted by atomic mass is 16.6. The third-order valence-electron chi connectivity index (χ3n) is 6.68. The molecule has 0 bridgehead atoms. The maximum absolute atomic E-state index is 12.7. The van der Waals surface area contributed by atoms with Gasteiger partial charge in [-0.15, -0.1) is 0 Å². The smallest absolute Gasteiger partial charge is 0.410 e. The summed E-state index contributed by atoms with van der Waals surface area (Å²) in [6.45, 7) is 13.1. The Balaban J connectivity index is 1.61. The molecule has 1 amide bonds. The number of ether oxygens (including phenoxy) is 1. The van der Waals surface area contributed by atoms with Crippen molar-refractivity contribution in [3.8, 4) is 6.07 Å². The largest absolute Gasteiger partial charge is 0.441 e. The van der Waals surface area contributed by atoms with Crippen LogP contribution in [0.5, 0.6) is 0 Å². The molecule has 2 aromatic rings. The molecule has 1 saturated heterocycles. The summed E-state index contributed by atoms with van der Waals surface area (Å²) in [5.41, 5.74) is 2.27. The lowest BCUT2D eigenvalue weighted by atomic mass is 9.68. The first kappa shape index (κ1) is 21.7. The van der Waals surface area contributed by atoms with Crippen molar-refractivity contribution >= 4 is 17.1 Å². The monoisotopic (exact) mass is 422 g/mol. The summed E-state index contributed by atoms with van der Waals surface area (Å²) in [7, 11) is 0. The van der Waals surface area contributed by atoms with Crippen LogP contribution in [0, 0.1) is 22.2 Å². The van der Waals surface area contributed by atoms with Crippen molar-refractivity contribution in [1.29, 1.82) is 5.26 Å². The number of aromatic nitrogens is 2. The number of amides is 1. The summed E-state index contributed by atoms with van der Waals surface area (Å²) >= 11 is 0. The zero-order valence-electron chi connectivity index (χ0n) is 19.5. The van der Waals surface area contributed by atoms with Crippen LogP contribution in [0.3, 0.4) is 0 Å². The molecule has 2 heterocycles. The second kappa shape index (κ2) is 7.55. The van der Waals surface area contributed by atoms with Crippen molar-refractivity contribution in [2.45, 2.75) is 78.9 Å². The molecule has 1 spiro atoms. The van der Waals surface area contributed by atoms with Gasteiger partial charge in [-0.2, -0.15) is 5.26 Å². The van der Waals surface area contributed by atoms with Gasteiger partial charge in [-0.1, -0.05) is 34.6 Å². The molecule has 0 N–H and O–H groups in total. The second-order valence-electron chi connectivity index (χ2n) is 11.1. The van der Waals surface area contributed by atoms with Crippen molar-refractivity contribution in [2.24, 2.45) is 10.8 Å². The van der Waals surface area contributed by atoms with E-state index in [-0.39, 0.29) is 16.9 Å². The number of carbonyl (C=O) groups is 1. The van der Waals surface area contributed by atoms with Gasteiger partial charge < -0.3 is 14.2 Å². The number of hydrogen-bond acceptors (Lipinski definition) is 4. The summed E-state index contributed by atoms with van der Waals surface area (Å²) < 4.78 is 8.35. The number of carbonyl (C=O) groups excluding carboxylic acids is 1. The predicted molar refractivity (Wildman–Crippen MR) is 121 cm³/mol. The highest BCUT2D eigenvalue weighted by Crippen LogP contribution is 2.47. The Morgan fingerprint density at radius 3 is 2.74 bits per heavy atom. The van der Waals surface area contributed by atoms with Gasteiger partial charge in [-0.25, -0.2) is 9.78 Å². The van der Waals surface area contributed by atoms with Crippen LogP contribution in [0.15, 0.2) is 18.2 Å². The molecule has 6 nitrogen and oxygen atoms in total. The molecular weight excluding hydrogens is 388 g/mol. The van der Waals surface area contributed by atoms with E-state index < -0.39 is 5.60 Å². The van der Waals surface area contributed by atoms with Crippen molar-refractivity contribution < 1.29 is 9.53 Å². The lowest BCUT2D eigenvalue weighted by molar-refractivity contribution is -0.0272. The Bertz CT molecular complexity index is 1040. The molecule has 6 heteroatoms. The fourth-order valence-electron chi connectivity index (χ4n) is 5.61. The minimum atomic E-state index is -0.393. The number of nitriles is 1. The van der Waals surface area contributed by atoms with Crippen molar-refractivity contribution in [3.05, 3.63) is 29.6 Å². The molecule has 2 aliphatic rings. The molecule has 1 aliphatic carbocycles. The van der Waals surface area contributed by atoms with E-state index in [1.807, 2.05) is 23.1 Å². The van der Waals surface area contributed by atoms with E-state index in [9.17, 15) is 10.1 Å². The minimum absolute atomic E-state index is 0.00350. The first-order chi connectivity index (χ1) is 14.6. The molecule has 31 heavy (non-hydrogen) atoms. The van der Waals surface area contributed by atoms with E-state index in [4.69, 9.17) is 9.72 Å². The van der Waals surface area contributed by atoms with Crippen LogP contribution in [-0.4, -0.2) is 39.2 Å². The van der Waals surface area contributed by atoms with Gasteiger partial charge >= 0.3 is 6.09 Å². The highest BCUT2D eigenvalue weighted by molar-refractivity contribution is 5.78. The molecule has 2 unspecified atom stereocenters. The second-order valence-corrected chi connectivity index (χ2v) is 11.1. The maximum Gasteiger partial charge on any atom is 0.410 e. The van der Waals surface area contributed by atoms with Gasteiger partial charge in [0.2, 0.25) is 0 Å². The van der Waals surface area contributed by atoms with Gasteiger partial charge in [0, 0.05) is 19.5 Å². The predicted octanol–water partition coefficient (Wildman–Crippen LogP) is 5.29. The zero-order valence-corrected chi connectivity index (χ0v) is 19.5. The van der Waals surface area contributed by atoms with E-state index in [1.54, 1.807) is 0 Å². The van der Waals surface area contributed by atoms with Crippen LogP contribution >= 0.6 is 0 Å².